The molecule has 0 radical (unpaired) electrons. The van der Waals surface area contributed by atoms with Crippen molar-refractivity contribution in [2.75, 3.05) is 12.4 Å². The van der Waals surface area contributed by atoms with Crippen molar-refractivity contribution in [3.8, 4) is 0 Å². The normalized spacial score (nSPS) is 16.4. The van der Waals surface area contributed by atoms with Gasteiger partial charge in [-0.1, -0.05) is 12.1 Å². The highest BCUT2D eigenvalue weighted by atomic mass is 32.2. The van der Waals surface area contributed by atoms with Gasteiger partial charge in [0, 0.05) is 18.1 Å². The van der Waals surface area contributed by atoms with Crippen LogP contribution in [0.1, 0.15) is 30.2 Å². The predicted octanol–water partition coefficient (Wildman–Crippen LogP) is 1.39. The molecule has 0 aromatic carbocycles. The van der Waals surface area contributed by atoms with E-state index < -0.39 is 0 Å². The minimum absolute atomic E-state index is 0.0985. The molecule has 2 rings (SSSR count). The number of nitrogens with two attached hydrogens (primary N) is 1. The molecule has 4 N–H and O–H groups in total. The molecule has 0 fully saturated rings. The first-order valence-corrected chi connectivity index (χ1v) is 7.38. The van der Waals surface area contributed by atoms with Crippen LogP contribution in [0, 0.1) is 5.92 Å². The Balaban J connectivity index is 2.29. The van der Waals surface area contributed by atoms with Crippen molar-refractivity contribution < 1.29 is 10.3 Å². The summed E-state index contributed by atoms with van der Waals surface area (Å²) in [6, 6.07) is 1.98. The Morgan fingerprint density at radius 1 is 1.58 bits per heavy atom. The van der Waals surface area contributed by atoms with Gasteiger partial charge < -0.3 is 16.0 Å². The third-order valence-corrected chi connectivity index (χ3v) is 4.54. The largest absolute Gasteiger partial charge is 0.409 e. The maximum Gasteiger partial charge on any atom is 0.172 e. The smallest absolute Gasteiger partial charge is 0.172 e. The Kier molecular flexibility index (Phi) is 4.66. The maximum absolute atomic E-state index is 9.07. The van der Waals surface area contributed by atoms with Crippen LogP contribution < -0.4 is 5.73 Å². The van der Waals surface area contributed by atoms with E-state index in [0.717, 1.165) is 35.7 Å². The number of thioether (sulfide) groups is 1. The molecule has 1 unspecified atom stereocenters. The van der Waals surface area contributed by atoms with E-state index in [1.165, 1.54) is 5.56 Å². The fraction of sp³-hybridized carbons (Fsp3) is 0.538. The average Bonchev–Trinajstić information content (AvgIpc) is 2.89. The van der Waals surface area contributed by atoms with Crippen LogP contribution in [0.4, 0.5) is 0 Å². The lowest BCUT2D eigenvalue weighted by Crippen LogP contribution is -2.16. The topological polar surface area (TPSA) is 91.7 Å². The fourth-order valence-corrected chi connectivity index (χ4v) is 3.12. The molecule has 1 aromatic heterocycles. The summed E-state index contributed by atoms with van der Waals surface area (Å²) in [4.78, 5) is 4.64. The van der Waals surface area contributed by atoms with Crippen LogP contribution in [0.25, 0.3) is 0 Å². The first-order chi connectivity index (χ1) is 9.15. The molecule has 1 heterocycles. The van der Waals surface area contributed by atoms with E-state index in [2.05, 4.69) is 10.1 Å². The number of hydrogen-bond donors (Lipinski definition) is 3. The Bertz CT molecular complexity index is 491. The summed E-state index contributed by atoms with van der Waals surface area (Å²) in [6.07, 6.45) is 3.11. The number of aliphatic hydroxyl groups is 1. The maximum atomic E-state index is 9.07. The molecule has 1 atom stereocenters. The zero-order valence-corrected chi connectivity index (χ0v) is 11.8. The molecule has 19 heavy (non-hydrogen) atoms. The quantitative estimate of drug-likeness (QED) is 0.249. The van der Waals surface area contributed by atoms with Crippen molar-refractivity contribution >= 4 is 17.6 Å². The van der Waals surface area contributed by atoms with Gasteiger partial charge >= 0.3 is 0 Å². The van der Waals surface area contributed by atoms with Crippen molar-refractivity contribution in [1.29, 1.82) is 0 Å². The molecule has 6 heteroatoms. The minimum Gasteiger partial charge on any atom is -0.409 e. The molecule has 0 bridgehead atoms. The Hall–Kier alpha value is -1.27. The fourth-order valence-electron chi connectivity index (χ4n) is 2.07. The van der Waals surface area contributed by atoms with Crippen molar-refractivity contribution in [2.24, 2.45) is 16.8 Å². The number of hydrogen-bond acceptors (Lipinski definition) is 5. The van der Waals surface area contributed by atoms with Crippen molar-refractivity contribution in [3.05, 3.63) is 22.9 Å². The lowest BCUT2D eigenvalue weighted by molar-refractivity contribution is 0.250. The summed E-state index contributed by atoms with van der Waals surface area (Å²) in [5, 5.41) is 21.8. The minimum atomic E-state index is 0.0985. The van der Waals surface area contributed by atoms with Gasteiger partial charge in [0.25, 0.3) is 0 Å². The molecular formula is C13H19N3O2S. The first-order valence-electron chi connectivity index (χ1n) is 6.40. The number of fused-ring (bicyclic) bond motifs is 1. The van der Waals surface area contributed by atoms with Crippen molar-refractivity contribution in [2.45, 2.75) is 31.2 Å². The van der Waals surface area contributed by atoms with Crippen LogP contribution in [-0.2, 0) is 12.8 Å². The second-order valence-electron chi connectivity index (χ2n) is 4.88. The molecule has 0 aliphatic heterocycles. The third kappa shape index (κ3) is 3.19. The second kappa shape index (κ2) is 6.25. The number of aliphatic hydroxyl groups excluding tert-OH is 1. The van der Waals surface area contributed by atoms with Crippen LogP contribution in [0.5, 0.6) is 0 Å². The molecule has 1 aromatic rings. The standard InChI is InChI=1S/C13H19N3O2S/c1-8(6-17)7-19-13-10(12(14)16-18)5-9-3-2-4-11(9)15-13/h5,8,17-18H,2-4,6-7H2,1H3,(H2,14,16). The summed E-state index contributed by atoms with van der Waals surface area (Å²) in [5.74, 6) is 1.05. The van der Waals surface area contributed by atoms with Crippen molar-refractivity contribution in [1.82, 2.24) is 4.98 Å². The predicted molar refractivity (Wildman–Crippen MR) is 75.7 cm³/mol. The second-order valence-corrected chi connectivity index (χ2v) is 5.89. The lowest BCUT2D eigenvalue weighted by atomic mass is 10.1. The van der Waals surface area contributed by atoms with E-state index in [4.69, 9.17) is 16.0 Å². The van der Waals surface area contributed by atoms with Gasteiger partial charge in [-0.3, -0.25) is 0 Å². The molecule has 0 saturated heterocycles. The van der Waals surface area contributed by atoms with Gasteiger partial charge in [-0.2, -0.15) is 0 Å². The molecule has 1 aliphatic carbocycles. The molecule has 0 amide bonds. The van der Waals surface area contributed by atoms with E-state index in [-0.39, 0.29) is 18.4 Å². The number of oxime groups is 1. The Labute approximate surface area is 116 Å². The van der Waals surface area contributed by atoms with Gasteiger partial charge in [0.1, 0.15) is 5.03 Å². The summed E-state index contributed by atoms with van der Waals surface area (Å²) >= 11 is 1.55. The third-order valence-electron chi connectivity index (χ3n) is 3.22. The lowest BCUT2D eigenvalue weighted by Gasteiger charge is -2.12. The summed E-state index contributed by atoms with van der Waals surface area (Å²) in [6.45, 7) is 2.13. The zero-order chi connectivity index (χ0) is 13.8. The number of rotatable bonds is 5. The van der Waals surface area contributed by atoms with Gasteiger partial charge in [0.2, 0.25) is 0 Å². The van der Waals surface area contributed by atoms with Crippen molar-refractivity contribution in [3.63, 3.8) is 0 Å². The van der Waals surface area contributed by atoms with E-state index in [0.29, 0.717) is 5.56 Å². The van der Waals surface area contributed by atoms with E-state index >= 15 is 0 Å². The van der Waals surface area contributed by atoms with Gasteiger partial charge in [-0.25, -0.2) is 4.98 Å². The average molecular weight is 281 g/mol. The molecule has 5 nitrogen and oxygen atoms in total. The zero-order valence-electron chi connectivity index (χ0n) is 11.0. The number of nitrogens with zero attached hydrogens (tertiary/aromatic N) is 2. The molecule has 104 valence electrons. The van der Waals surface area contributed by atoms with Crippen LogP contribution >= 0.6 is 11.8 Å². The van der Waals surface area contributed by atoms with E-state index in [1.807, 2.05) is 13.0 Å². The monoisotopic (exact) mass is 281 g/mol. The van der Waals surface area contributed by atoms with Gasteiger partial charge in [-0.05, 0) is 36.8 Å². The highest BCUT2D eigenvalue weighted by Crippen LogP contribution is 2.29. The van der Waals surface area contributed by atoms with Crippen LogP contribution in [-0.4, -0.2) is 33.5 Å². The van der Waals surface area contributed by atoms with Gasteiger partial charge in [0.15, 0.2) is 5.84 Å². The molecular weight excluding hydrogens is 262 g/mol. The number of aromatic nitrogens is 1. The molecule has 1 aliphatic rings. The molecule has 0 spiro atoms. The van der Waals surface area contributed by atoms with Crippen LogP contribution in [0.3, 0.4) is 0 Å². The molecule has 0 saturated carbocycles. The Morgan fingerprint density at radius 2 is 2.37 bits per heavy atom. The number of aryl methyl sites for hydroxylation is 2. The summed E-state index contributed by atoms with van der Waals surface area (Å²) in [5.41, 5.74) is 8.73. The highest BCUT2D eigenvalue weighted by Gasteiger charge is 2.19. The number of pyridine rings is 1. The highest BCUT2D eigenvalue weighted by molar-refractivity contribution is 7.99. The summed E-state index contributed by atoms with van der Waals surface area (Å²) in [7, 11) is 0. The first kappa shape index (κ1) is 14.1. The van der Waals surface area contributed by atoms with E-state index in [9.17, 15) is 0 Å². The Morgan fingerprint density at radius 3 is 3.05 bits per heavy atom. The van der Waals surface area contributed by atoms with Crippen LogP contribution in [0.15, 0.2) is 16.2 Å². The SMILES string of the molecule is CC(CO)CSc1nc2c(cc1C(N)=NO)CCC2. The number of amidine groups is 1. The van der Waals surface area contributed by atoms with Crippen LogP contribution in [0.2, 0.25) is 0 Å². The van der Waals surface area contributed by atoms with E-state index in [1.54, 1.807) is 11.8 Å². The summed E-state index contributed by atoms with van der Waals surface area (Å²) < 4.78 is 0. The van der Waals surface area contributed by atoms with Gasteiger partial charge in [-0.15, -0.1) is 11.8 Å². The van der Waals surface area contributed by atoms with Gasteiger partial charge in [0.05, 0.1) is 5.56 Å².